The largest absolute Gasteiger partial charge is 0.391 e. The van der Waals surface area contributed by atoms with Crippen molar-refractivity contribution in [3.8, 4) is 0 Å². The molecule has 2 heterocycles. The van der Waals surface area contributed by atoms with E-state index in [1.54, 1.807) is 39.5 Å². The number of methoxy groups -OCH3 is 1. The minimum atomic E-state index is -3.98. The highest BCUT2D eigenvalue weighted by atomic mass is 35.5. The van der Waals surface area contributed by atoms with Crippen LogP contribution in [0.1, 0.15) is 212 Å². The van der Waals surface area contributed by atoms with Gasteiger partial charge in [0.1, 0.15) is 54.4 Å². The van der Waals surface area contributed by atoms with Gasteiger partial charge in [-0.25, -0.2) is 8.42 Å². The number of alkyl halides is 1. The first-order chi connectivity index (χ1) is 52.1. The van der Waals surface area contributed by atoms with Crippen LogP contribution in [-0.2, 0) is 81.8 Å². The number of rotatable bonds is 22. The summed E-state index contributed by atoms with van der Waals surface area (Å²) in [6.07, 6.45) is 3.73. The van der Waals surface area contributed by atoms with E-state index in [-0.39, 0.29) is 99.3 Å². The second kappa shape index (κ2) is 44.9. The number of likely N-dealkylation sites (N-methyl/N-ethyl adjacent to an activating group) is 6. The molecule has 31 nitrogen and oxygen atoms in total. The van der Waals surface area contributed by atoms with E-state index >= 15 is 47.9 Å². The van der Waals surface area contributed by atoms with E-state index in [0.717, 1.165) is 22.5 Å². The van der Waals surface area contributed by atoms with Gasteiger partial charge >= 0.3 is 0 Å². The summed E-state index contributed by atoms with van der Waals surface area (Å²) >= 11 is 6.80. The molecule has 640 valence electrons. The Bertz CT molecular complexity index is 3310. The molecule has 0 aromatic heterocycles. The Morgan fingerprint density at radius 1 is 0.571 bits per heavy atom. The van der Waals surface area contributed by atoms with Gasteiger partial charge in [0.2, 0.25) is 86.8 Å². The summed E-state index contributed by atoms with van der Waals surface area (Å²) in [5, 5.41) is 22.7. The zero-order valence-electron chi connectivity index (χ0n) is 70.9. The number of nitrogens with zero attached hydrogens (tertiary/aromatic N) is 8. The number of hydrogen-bond acceptors (Lipinski definition) is 18. The van der Waals surface area contributed by atoms with E-state index in [1.807, 2.05) is 53.2 Å². The summed E-state index contributed by atoms with van der Waals surface area (Å²) in [5.74, 6) is -12.6. The molecular formula is C79H138ClN13O18S. The van der Waals surface area contributed by atoms with Crippen LogP contribution < -0.4 is 26.0 Å². The molecule has 33 heteroatoms. The van der Waals surface area contributed by atoms with Crippen LogP contribution in [0.4, 0.5) is 0 Å². The van der Waals surface area contributed by atoms with Gasteiger partial charge in [0.15, 0.2) is 0 Å². The highest BCUT2D eigenvalue weighted by molar-refractivity contribution is 7.89. The number of carbonyl (C=O) groups excluding carboxylic acids is 13. The van der Waals surface area contributed by atoms with Gasteiger partial charge in [-0.1, -0.05) is 81.6 Å². The van der Waals surface area contributed by atoms with Crippen LogP contribution in [0.3, 0.4) is 0 Å². The number of likely N-dealkylation sites (tertiary alicyclic amines) is 1. The minimum absolute atomic E-state index is 0.0305. The van der Waals surface area contributed by atoms with Crippen molar-refractivity contribution >= 4 is 98.4 Å². The van der Waals surface area contributed by atoms with Crippen LogP contribution in [0.25, 0.3) is 0 Å². The first-order valence-corrected chi connectivity index (χ1v) is 42.8. The third-order valence-corrected chi connectivity index (χ3v) is 22.9. The Balaban J connectivity index is 2.04. The molecule has 0 aromatic rings. The van der Waals surface area contributed by atoms with E-state index in [1.165, 1.54) is 80.8 Å². The first-order valence-electron chi connectivity index (χ1n) is 40.5. The van der Waals surface area contributed by atoms with Crippen LogP contribution in [0.5, 0.6) is 0 Å². The van der Waals surface area contributed by atoms with Gasteiger partial charge in [0, 0.05) is 74.4 Å². The molecule has 4 aliphatic rings. The van der Waals surface area contributed by atoms with Crippen molar-refractivity contribution < 1.29 is 85.3 Å². The lowest BCUT2D eigenvalue weighted by Gasteiger charge is -2.39. The summed E-state index contributed by atoms with van der Waals surface area (Å²) in [4.78, 5) is 206. The summed E-state index contributed by atoms with van der Waals surface area (Å²) < 4.78 is 38.6. The molecule has 2 saturated carbocycles. The normalized spacial score (nSPS) is 28.3. The van der Waals surface area contributed by atoms with Crippen LogP contribution in [0.2, 0.25) is 0 Å². The monoisotopic (exact) mass is 1620 g/mol. The maximum absolute atomic E-state index is 15.8. The molecule has 5 unspecified atom stereocenters. The van der Waals surface area contributed by atoms with E-state index < -0.39 is 197 Å². The minimum Gasteiger partial charge on any atom is -0.391 e. The molecule has 112 heavy (non-hydrogen) atoms. The van der Waals surface area contributed by atoms with E-state index in [2.05, 4.69) is 21.3 Å². The number of piperidine rings is 1. The smallest absolute Gasteiger partial charge is 0.248 e. The molecule has 0 aromatic carbocycles. The van der Waals surface area contributed by atoms with E-state index in [9.17, 15) is 27.9 Å². The molecule has 0 bridgehead atoms. The molecule has 6 N–H and O–H groups in total. The van der Waals surface area contributed by atoms with Crippen molar-refractivity contribution in [3.05, 3.63) is 0 Å². The van der Waals surface area contributed by atoms with E-state index in [4.69, 9.17) is 21.1 Å². The average Bonchev–Trinajstić information content (AvgIpc) is 0.820. The fraction of sp³-hybridized carbons (Fsp3) is 0.835. The topological polar surface area (TPSA) is 381 Å². The van der Waals surface area contributed by atoms with Crippen LogP contribution in [0.15, 0.2) is 0 Å². The van der Waals surface area contributed by atoms with Crippen LogP contribution in [0, 0.1) is 41.4 Å². The molecule has 4 rings (SSSR count). The van der Waals surface area contributed by atoms with Gasteiger partial charge in [-0.05, 0) is 160 Å². The predicted molar refractivity (Wildman–Crippen MR) is 425 cm³/mol. The second-order valence-electron chi connectivity index (χ2n) is 34.6. The van der Waals surface area contributed by atoms with Crippen LogP contribution in [-0.4, -0.2) is 302 Å². The highest BCUT2D eigenvalue weighted by Crippen LogP contribution is 2.36. The van der Waals surface area contributed by atoms with Gasteiger partial charge in [0.25, 0.3) is 0 Å². The van der Waals surface area contributed by atoms with Crippen molar-refractivity contribution in [2.24, 2.45) is 41.4 Å². The maximum Gasteiger partial charge on any atom is 0.248 e. The van der Waals surface area contributed by atoms with Crippen molar-refractivity contribution in [1.29, 1.82) is 0 Å². The number of halogens is 1. The summed E-state index contributed by atoms with van der Waals surface area (Å²) in [6, 6.07) is -12.8. The van der Waals surface area contributed by atoms with Gasteiger partial charge in [-0.3, -0.25) is 67.1 Å². The molecule has 13 amide bonds. The third kappa shape index (κ3) is 30.1. The maximum atomic E-state index is 15.8. The molecule has 2 aliphatic heterocycles. The van der Waals surface area contributed by atoms with Crippen molar-refractivity contribution in [2.45, 2.75) is 290 Å². The number of aliphatic hydroxyl groups excluding tert-OH is 1. The van der Waals surface area contributed by atoms with Gasteiger partial charge in [0.05, 0.1) is 56.1 Å². The van der Waals surface area contributed by atoms with Crippen molar-refractivity contribution in [1.82, 2.24) is 65.2 Å². The summed E-state index contributed by atoms with van der Waals surface area (Å²) in [7, 11) is 5.71. The fourth-order valence-corrected chi connectivity index (χ4v) is 16.3. The Kier molecular flexibility index (Phi) is 39.2. The molecule has 2 saturated heterocycles. The van der Waals surface area contributed by atoms with Gasteiger partial charge < -0.3 is 75.0 Å². The molecule has 4 fully saturated rings. The Morgan fingerprint density at radius 2 is 1.05 bits per heavy atom. The first kappa shape index (κ1) is 97.6. The molecular weight excluding hydrogens is 1490 g/mol. The van der Waals surface area contributed by atoms with E-state index in [0.29, 0.717) is 64.5 Å². The van der Waals surface area contributed by atoms with Gasteiger partial charge in [-0.2, -0.15) is 0 Å². The molecule has 0 radical (unpaired) electrons. The standard InChI is InChI=1S/C79H138ClN13O18S/c1-22-23-32-93-45-67(97)88(16)63(38-50(8)9)77(106)91(19)60(36-48(4)5)71(100)83-58(46-111-79(11,12)13)75(104)90(18)59(35-47(2)3)70(99)82-57(76(105)92-33-25-24-26-34-92)43-65(95)86(14)44-66(96)87(15)62(41-52-28-27-29-54(80)39-52)72(101)81-56(40-53-30-31-55(64(42-53)110-20)69(98)85-112(21,108)109)74(103)89(17)61(37-49(6)7)73(102)84-68(51(10)94)78(93)107/h47-64,68,94H,22-46H2,1-21H3,(H,81,101)(H,82,99)(H,83,100)(H,84,102)(H,85,98)/t51-,52?,53?,54?,55?,56+,57+,58+,59+,60+,61+,62+,63+,64?,68+/m1/s1. The highest BCUT2D eigenvalue weighted by Gasteiger charge is 2.46. The van der Waals surface area contributed by atoms with Crippen LogP contribution >= 0.6 is 11.6 Å². The number of hydrogen-bond donors (Lipinski definition) is 6. The SMILES string of the molecule is CCCCN1CC(=O)N(C)[C@@H](CC(C)C)C(=O)N(C)[C@@H](CC(C)C)C(=O)N[C@@H](COC(C)(C)C)C(=O)N(C)[C@@H](CC(C)C)C(=O)N[C@H](C(=O)N2CCCCC2)CC(=O)N(C)CC(=O)N(C)[C@@H](CC2CCCC(Cl)C2)C(=O)N[C@@H](CC2CCC(C(=O)NS(C)(=O)=O)C(OC)C2)C(=O)N(C)[C@@H](CC(C)C)C(=O)N[C@@H]([C@@H](C)O)C1=O. The Labute approximate surface area is 671 Å². The number of amides is 13. The number of sulfonamides is 1. The zero-order valence-corrected chi connectivity index (χ0v) is 72.5. The molecule has 0 spiro atoms. The number of carbonyl (C=O) groups is 13. The predicted octanol–water partition coefficient (Wildman–Crippen LogP) is 4.03. The van der Waals surface area contributed by atoms with Crippen molar-refractivity contribution in [3.63, 3.8) is 0 Å². The lowest BCUT2D eigenvalue weighted by atomic mass is 9.76. The number of aliphatic hydroxyl groups is 1. The van der Waals surface area contributed by atoms with Crippen molar-refractivity contribution in [2.75, 3.05) is 95.0 Å². The molecule has 15 atom stereocenters. The number of unbranched alkanes of at least 4 members (excludes halogenated alkanes) is 1. The lowest BCUT2D eigenvalue weighted by Crippen LogP contribution is -2.62. The Morgan fingerprint density at radius 3 is 1.56 bits per heavy atom. The molecule has 2 aliphatic carbocycles. The number of nitrogens with one attached hydrogen (secondary N) is 5. The summed E-state index contributed by atoms with van der Waals surface area (Å²) in [5.41, 5.74) is -0.871. The third-order valence-electron chi connectivity index (χ3n) is 21.9. The quantitative estimate of drug-likeness (QED) is 0.0833. The number of ether oxygens (including phenoxy) is 2. The lowest BCUT2D eigenvalue weighted by molar-refractivity contribution is -0.152. The summed E-state index contributed by atoms with van der Waals surface area (Å²) in [6.45, 7) is 22.0. The van der Waals surface area contributed by atoms with Gasteiger partial charge in [-0.15, -0.1) is 11.6 Å². The Hall–Kier alpha value is -6.77. The fourth-order valence-electron chi connectivity index (χ4n) is 15.4. The second-order valence-corrected chi connectivity index (χ2v) is 37.0. The zero-order chi connectivity index (χ0) is 84.7. The average molecular weight is 1630 g/mol.